The van der Waals surface area contributed by atoms with Gasteiger partial charge in [0.1, 0.15) is 0 Å². The molecule has 0 aromatic heterocycles. The summed E-state index contributed by atoms with van der Waals surface area (Å²) in [5.74, 6) is 1.97. The van der Waals surface area contributed by atoms with Crippen LogP contribution in [-0.4, -0.2) is 33.9 Å². The van der Waals surface area contributed by atoms with Crippen molar-refractivity contribution in [3.8, 4) is 0 Å². The van der Waals surface area contributed by atoms with Crippen molar-refractivity contribution in [1.29, 1.82) is 0 Å². The minimum atomic E-state index is -0.706. The molecule has 0 heterocycles. The molecular formula is C9H20N2OS2. The first-order valence-corrected chi connectivity index (χ1v) is 6.82. The summed E-state index contributed by atoms with van der Waals surface area (Å²) in [4.78, 5) is 0. The van der Waals surface area contributed by atoms with Gasteiger partial charge < -0.3 is 10.6 Å². The molecule has 0 fully saturated rings. The number of thiocarbonyl (C=S) groups is 1. The lowest BCUT2D eigenvalue weighted by Gasteiger charge is -2.11. The van der Waals surface area contributed by atoms with Gasteiger partial charge in [0.15, 0.2) is 5.11 Å². The molecule has 0 rings (SSSR count). The second-order valence-electron chi connectivity index (χ2n) is 3.46. The molecule has 0 saturated carbocycles. The molecule has 0 saturated heterocycles. The van der Waals surface area contributed by atoms with E-state index in [-0.39, 0.29) is 0 Å². The summed E-state index contributed by atoms with van der Waals surface area (Å²) in [5.41, 5.74) is 0. The molecule has 3 nitrogen and oxygen atoms in total. The van der Waals surface area contributed by atoms with Gasteiger partial charge in [-0.25, -0.2) is 0 Å². The first-order chi connectivity index (χ1) is 6.56. The van der Waals surface area contributed by atoms with Crippen molar-refractivity contribution in [2.75, 3.05) is 24.6 Å². The van der Waals surface area contributed by atoms with Gasteiger partial charge in [0, 0.05) is 35.4 Å². The molecule has 0 bridgehead atoms. The maximum atomic E-state index is 11.1. The lowest BCUT2D eigenvalue weighted by Crippen LogP contribution is -2.38. The van der Waals surface area contributed by atoms with Crippen LogP contribution >= 0.6 is 12.2 Å². The normalized spacial score (nSPS) is 12.6. The lowest BCUT2D eigenvalue weighted by atomic mass is 10.2. The third-order valence-corrected chi connectivity index (χ3v) is 3.20. The average Bonchev–Trinajstić information content (AvgIpc) is 2.14. The summed E-state index contributed by atoms with van der Waals surface area (Å²) in [5, 5.41) is 6.78. The third kappa shape index (κ3) is 8.44. The van der Waals surface area contributed by atoms with Gasteiger partial charge in [0.25, 0.3) is 0 Å². The summed E-state index contributed by atoms with van der Waals surface area (Å²) in [6.45, 7) is 7.74. The van der Waals surface area contributed by atoms with Crippen molar-refractivity contribution in [1.82, 2.24) is 10.6 Å². The zero-order valence-corrected chi connectivity index (χ0v) is 10.8. The van der Waals surface area contributed by atoms with Crippen LogP contribution in [0.15, 0.2) is 0 Å². The molecular weight excluding hydrogens is 216 g/mol. The molecule has 0 aromatic carbocycles. The predicted molar refractivity (Wildman–Crippen MR) is 67.0 cm³/mol. The zero-order valence-electron chi connectivity index (χ0n) is 9.13. The van der Waals surface area contributed by atoms with Crippen LogP contribution in [0.5, 0.6) is 0 Å². The van der Waals surface area contributed by atoms with E-state index in [0.717, 1.165) is 6.54 Å². The zero-order chi connectivity index (χ0) is 11.0. The molecule has 0 radical (unpaired) electrons. The first kappa shape index (κ1) is 13.8. The number of hydrogen-bond acceptors (Lipinski definition) is 2. The molecule has 0 aliphatic carbocycles. The van der Waals surface area contributed by atoms with Gasteiger partial charge in [-0.2, -0.15) is 0 Å². The highest BCUT2D eigenvalue weighted by Crippen LogP contribution is 1.86. The Labute approximate surface area is 94.5 Å². The summed E-state index contributed by atoms with van der Waals surface area (Å²) in [6, 6.07) is 0. The van der Waals surface area contributed by atoms with Gasteiger partial charge in [-0.3, -0.25) is 4.21 Å². The maximum absolute atomic E-state index is 11.1. The molecule has 1 atom stereocenters. The molecule has 0 spiro atoms. The molecule has 0 aromatic rings. The Morgan fingerprint density at radius 2 is 2.07 bits per heavy atom. The van der Waals surface area contributed by atoms with Crippen LogP contribution in [-0.2, 0) is 10.8 Å². The Balaban J connectivity index is 3.40. The van der Waals surface area contributed by atoms with Gasteiger partial charge in [-0.1, -0.05) is 20.8 Å². The van der Waals surface area contributed by atoms with Crippen molar-refractivity contribution in [3.63, 3.8) is 0 Å². The molecule has 84 valence electrons. The van der Waals surface area contributed by atoms with E-state index < -0.39 is 10.8 Å². The predicted octanol–water partition coefficient (Wildman–Crippen LogP) is 0.875. The molecule has 14 heavy (non-hydrogen) atoms. The van der Waals surface area contributed by atoms with E-state index in [1.807, 2.05) is 6.92 Å². The molecule has 2 N–H and O–H groups in total. The van der Waals surface area contributed by atoms with Gasteiger partial charge in [0.05, 0.1) is 0 Å². The lowest BCUT2D eigenvalue weighted by molar-refractivity contribution is 0.620. The van der Waals surface area contributed by atoms with Crippen molar-refractivity contribution in [2.45, 2.75) is 20.8 Å². The maximum Gasteiger partial charge on any atom is 0.166 e. The fourth-order valence-electron chi connectivity index (χ4n) is 0.782. The quantitative estimate of drug-likeness (QED) is 0.672. The Hall–Kier alpha value is -0.160. The van der Waals surface area contributed by atoms with Crippen molar-refractivity contribution >= 4 is 28.1 Å². The number of nitrogens with one attached hydrogen (secondary N) is 2. The van der Waals surface area contributed by atoms with E-state index in [9.17, 15) is 4.21 Å². The highest BCUT2D eigenvalue weighted by molar-refractivity contribution is 7.84. The Bertz CT molecular complexity index is 195. The van der Waals surface area contributed by atoms with E-state index in [2.05, 4.69) is 24.5 Å². The minimum Gasteiger partial charge on any atom is -0.362 e. The Morgan fingerprint density at radius 1 is 1.43 bits per heavy atom. The fraction of sp³-hybridized carbons (Fsp3) is 0.889. The first-order valence-electron chi connectivity index (χ1n) is 4.93. The van der Waals surface area contributed by atoms with Crippen LogP contribution in [0.2, 0.25) is 0 Å². The molecule has 1 unspecified atom stereocenters. The molecule has 0 aliphatic rings. The second-order valence-corrected chi connectivity index (χ2v) is 5.74. The van der Waals surface area contributed by atoms with E-state index in [1.165, 1.54) is 0 Å². The standard InChI is InChI=1S/C9H20N2OS2/c1-4-14(12)6-5-10-9(13)11-7-8(2)3/h8H,4-7H2,1-3H3,(H2,10,11,13). The monoisotopic (exact) mass is 236 g/mol. The van der Waals surface area contributed by atoms with Crippen LogP contribution in [0.1, 0.15) is 20.8 Å². The Morgan fingerprint density at radius 3 is 2.57 bits per heavy atom. The van der Waals surface area contributed by atoms with E-state index >= 15 is 0 Å². The number of rotatable bonds is 6. The highest BCUT2D eigenvalue weighted by atomic mass is 32.2. The topological polar surface area (TPSA) is 41.1 Å². The van der Waals surface area contributed by atoms with Crippen LogP contribution < -0.4 is 10.6 Å². The Kier molecular flexibility index (Phi) is 8.08. The largest absolute Gasteiger partial charge is 0.362 e. The van der Waals surface area contributed by atoms with Crippen LogP contribution in [0.3, 0.4) is 0 Å². The smallest absolute Gasteiger partial charge is 0.166 e. The third-order valence-electron chi connectivity index (χ3n) is 1.61. The molecule has 0 amide bonds. The summed E-state index contributed by atoms with van der Waals surface area (Å²) < 4.78 is 11.1. The van der Waals surface area contributed by atoms with Crippen molar-refractivity contribution in [2.24, 2.45) is 5.92 Å². The van der Waals surface area contributed by atoms with E-state index in [1.54, 1.807) is 0 Å². The van der Waals surface area contributed by atoms with Crippen LogP contribution in [0, 0.1) is 5.92 Å². The fourth-order valence-corrected chi connectivity index (χ4v) is 1.59. The number of hydrogen-bond donors (Lipinski definition) is 2. The van der Waals surface area contributed by atoms with Gasteiger partial charge in [-0.05, 0) is 18.1 Å². The van der Waals surface area contributed by atoms with E-state index in [0.29, 0.717) is 29.1 Å². The average molecular weight is 236 g/mol. The highest BCUT2D eigenvalue weighted by Gasteiger charge is 1.98. The summed E-state index contributed by atoms with van der Waals surface area (Å²) >= 11 is 5.04. The second kappa shape index (κ2) is 8.17. The van der Waals surface area contributed by atoms with Crippen molar-refractivity contribution < 1.29 is 4.21 Å². The van der Waals surface area contributed by atoms with Crippen LogP contribution in [0.4, 0.5) is 0 Å². The van der Waals surface area contributed by atoms with Crippen LogP contribution in [0.25, 0.3) is 0 Å². The van der Waals surface area contributed by atoms with Gasteiger partial charge in [0.2, 0.25) is 0 Å². The SMILES string of the molecule is CCS(=O)CCNC(=S)NCC(C)C. The summed E-state index contributed by atoms with van der Waals surface area (Å²) in [7, 11) is -0.706. The minimum absolute atomic E-state index is 0.583. The van der Waals surface area contributed by atoms with E-state index in [4.69, 9.17) is 12.2 Å². The molecule has 0 aliphatic heterocycles. The van der Waals surface area contributed by atoms with Gasteiger partial charge in [-0.15, -0.1) is 0 Å². The van der Waals surface area contributed by atoms with Crippen molar-refractivity contribution in [3.05, 3.63) is 0 Å². The molecule has 5 heteroatoms. The van der Waals surface area contributed by atoms with Gasteiger partial charge >= 0.3 is 0 Å². The summed E-state index contributed by atoms with van der Waals surface area (Å²) in [6.07, 6.45) is 0.